The maximum atomic E-state index is 11.1. The predicted octanol–water partition coefficient (Wildman–Crippen LogP) is 5.92. The largest absolute Gasteiger partial charge is 0.507 e. The Morgan fingerprint density at radius 2 is 2.10 bits per heavy atom. The summed E-state index contributed by atoms with van der Waals surface area (Å²) in [7, 11) is 1.65. The molecule has 31 heavy (non-hydrogen) atoms. The van der Waals surface area contributed by atoms with Crippen molar-refractivity contribution in [3.63, 3.8) is 0 Å². The van der Waals surface area contributed by atoms with Gasteiger partial charge in [0.2, 0.25) is 0 Å². The molecule has 1 aliphatic heterocycles. The van der Waals surface area contributed by atoms with Gasteiger partial charge < -0.3 is 19.3 Å². The minimum Gasteiger partial charge on any atom is -0.507 e. The lowest BCUT2D eigenvalue weighted by Crippen LogP contribution is -2.21. The molecule has 1 saturated heterocycles. The van der Waals surface area contributed by atoms with E-state index in [4.69, 9.17) is 14.2 Å². The highest BCUT2D eigenvalue weighted by atomic mass is 16.7. The zero-order chi connectivity index (χ0) is 22.4. The number of nitrogens with zero attached hydrogens (tertiary/aromatic N) is 1. The standard InChI is InChI=1S/C26H37NO4/c1-6-7-8-9-19-13-23(28)25(22-12-18(4)10-11-21(22)17(2)3)24(14-19)31-26(27-5)30-16-20-15-29-20/h12-14,20-22,28H,2,6-11,15-16H2,1,3-5H3/t20?,21-,22+/m0/s1. The van der Waals surface area contributed by atoms with Crippen molar-refractivity contribution in [2.45, 2.75) is 71.3 Å². The van der Waals surface area contributed by atoms with Crippen molar-refractivity contribution in [1.29, 1.82) is 0 Å². The minimum absolute atomic E-state index is 0.0100. The molecule has 2 aliphatic rings. The Morgan fingerprint density at radius 3 is 2.74 bits per heavy atom. The van der Waals surface area contributed by atoms with Gasteiger partial charge in [0.25, 0.3) is 0 Å². The molecular weight excluding hydrogens is 390 g/mol. The predicted molar refractivity (Wildman–Crippen MR) is 125 cm³/mol. The van der Waals surface area contributed by atoms with Crippen LogP contribution < -0.4 is 4.74 Å². The molecule has 1 heterocycles. The lowest BCUT2D eigenvalue weighted by atomic mass is 9.73. The van der Waals surface area contributed by atoms with Crippen molar-refractivity contribution in [1.82, 2.24) is 0 Å². The van der Waals surface area contributed by atoms with E-state index in [1.807, 2.05) is 12.1 Å². The van der Waals surface area contributed by atoms with Crippen LogP contribution in [0.3, 0.4) is 0 Å². The van der Waals surface area contributed by atoms with Crippen molar-refractivity contribution >= 4 is 6.08 Å². The van der Waals surface area contributed by atoms with E-state index in [1.165, 1.54) is 5.57 Å². The third-order valence-corrected chi connectivity index (χ3v) is 6.14. The summed E-state index contributed by atoms with van der Waals surface area (Å²) >= 11 is 0. The Hall–Kier alpha value is -2.27. The minimum atomic E-state index is 0.0100. The number of benzene rings is 1. The number of aromatic hydroxyl groups is 1. The number of unbranched alkanes of at least 4 members (excludes halogenated alkanes) is 2. The van der Waals surface area contributed by atoms with Crippen LogP contribution in [0.25, 0.3) is 0 Å². The normalized spacial score (nSPS) is 23.3. The lowest BCUT2D eigenvalue weighted by molar-refractivity contribution is 0.205. The first-order valence-corrected chi connectivity index (χ1v) is 11.5. The van der Waals surface area contributed by atoms with Crippen molar-refractivity contribution in [2.24, 2.45) is 10.9 Å². The smallest absolute Gasteiger partial charge is 0.388 e. The van der Waals surface area contributed by atoms with Crippen LogP contribution in [-0.4, -0.2) is 37.6 Å². The highest BCUT2D eigenvalue weighted by molar-refractivity contribution is 5.71. The summed E-state index contributed by atoms with van der Waals surface area (Å²) in [6.45, 7) is 11.8. The summed E-state index contributed by atoms with van der Waals surface area (Å²) in [5, 5.41) is 11.1. The van der Waals surface area contributed by atoms with E-state index in [9.17, 15) is 5.11 Å². The number of allylic oxidation sites excluding steroid dienone is 3. The molecule has 1 fully saturated rings. The van der Waals surface area contributed by atoms with Crippen LogP contribution in [0.5, 0.6) is 11.5 Å². The molecule has 1 aromatic rings. The molecular formula is C26H37NO4. The summed E-state index contributed by atoms with van der Waals surface area (Å²) in [5.41, 5.74) is 4.30. The van der Waals surface area contributed by atoms with Crippen LogP contribution in [0, 0.1) is 5.92 Å². The Balaban J connectivity index is 1.96. The van der Waals surface area contributed by atoms with Crippen molar-refractivity contribution < 1.29 is 19.3 Å². The van der Waals surface area contributed by atoms with E-state index in [-0.39, 0.29) is 29.8 Å². The molecule has 5 nitrogen and oxygen atoms in total. The molecule has 0 radical (unpaired) electrons. The molecule has 1 aliphatic carbocycles. The van der Waals surface area contributed by atoms with Gasteiger partial charge in [-0.1, -0.05) is 43.6 Å². The number of phenolic OH excluding ortho intramolecular Hbond substituents is 1. The van der Waals surface area contributed by atoms with Gasteiger partial charge in [-0.3, -0.25) is 0 Å². The average Bonchev–Trinajstić information content (AvgIpc) is 3.55. The average molecular weight is 428 g/mol. The van der Waals surface area contributed by atoms with E-state index in [1.54, 1.807) is 7.05 Å². The molecule has 1 aromatic carbocycles. The quantitative estimate of drug-likeness (QED) is 0.175. The first-order chi connectivity index (χ1) is 14.9. The maximum absolute atomic E-state index is 11.1. The third-order valence-electron chi connectivity index (χ3n) is 6.14. The Labute approximate surface area is 186 Å². The number of ether oxygens (including phenoxy) is 3. The van der Waals surface area contributed by atoms with Crippen LogP contribution in [0.15, 0.2) is 40.9 Å². The zero-order valence-electron chi connectivity index (χ0n) is 19.4. The van der Waals surface area contributed by atoms with Gasteiger partial charge in [0.15, 0.2) is 0 Å². The van der Waals surface area contributed by atoms with Gasteiger partial charge in [-0.2, -0.15) is 0 Å². The topological polar surface area (TPSA) is 63.6 Å². The van der Waals surface area contributed by atoms with E-state index >= 15 is 0 Å². The van der Waals surface area contributed by atoms with Gasteiger partial charge >= 0.3 is 6.08 Å². The van der Waals surface area contributed by atoms with Crippen molar-refractivity contribution in [2.75, 3.05) is 20.3 Å². The fourth-order valence-corrected chi connectivity index (χ4v) is 4.28. The second-order valence-corrected chi connectivity index (χ2v) is 8.87. The number of phenols is 1. The molecule has 3 rings (SSSR count). The second kappa shape index (κ2) is 10.9. The number of aliphatic imine (C=N–C) groups is 1. The van der Waals surface area contributed by atoms with E-state index in [0.29, 0.717) is 19.0 Å². The van der Waals surface area contributed by atoms with E-state index in [0.717, 1.165) is 55.2 Å². The van der Waals surface area contributed by atoms with Crippen LogP contribution >= 0.6 is 0 Å². The van der Waals surface area contributed by atoms with Crippen LogP contribution in [0.4, 0.5) is 0 Å². The fourth-order valence-electron chi connectivity index (χ4n) is 4.28. The number of epoxide rings is 1. The molecule has 1 unspecified atom stereocenters. The molecule has 0 bridgehead atoms. The Bertz CT molecular complexity index is 838. The molecule has 1 N–H and O–H groups in total. The number of rotatable bonds is 9. The zero-order valence-corrected chi connectivity index (χ0v) is 19.4. The summed E-state index contributed by atoms with van der Waals surface area (Å²) in [6.07, 6.45) is 8.93. The second-order valence-electron chi connectivity index (χ2n) is 8.87. The Morgan fingerprint density at radius 1 is 1.32 bits per heavy atom. The van der Waals surface area contributed by atoms with Crippen LogP contribution in [0.1, 0.15) is 69.9 Å². The number of aryl methyl sites for hydroxylation is 1. The van der Waals surface area contributed by atoms with Crippen molar-refractivity contribution in [3.8, 4) is 11.5 Å². The molecule has 0 spiro atoms. The fraction of sp³-hybridized carbons (Fsp3) is 0.577. The first kappa shape index (κ1) is 23.4. The van der Waals surface area contributed by atoms with E-state index < -0.39 is 0 Å². The summed E-state index contributed by atoms with van der Waals surface area (Å²) < 4.78 is 17.1. The van der Waals surface area contributed by atoms with Crippen LogP contribution in [0.2, 0.25) is 0 Å². The molecule has 0 amide bonds. The number of hydrogen-bond acceptors (Lipinski definition) is 5. The molecule has 0 aromatic heterocycles. The lowest BCUT2D eigenvalue weighted by Gasteiger charge is -2.32. The summed E-state index contributed by atoms with van der Waals surface area (Å²) in [5.74, 6) is 1.15. The monoisotopic (exact) mass is 427 g/mol. The first-order valence-electron chi connectivity index (χ1n) is 11.5. The van der Waals surface area contributed by atoms with Gasteiger partial charge in [-0.05, 0) is 63.1 Å². The van der Waals surface area contributed by atoms with Gasteiger partial charge in [-0.25, -0.2) is 4.99 Å². The van der Waals surface area contributed by atoms with E-state index in [2.05, 4.69) is 38.4 Å². The highest BCUT2D eigenvalue weighted by Crippen LogP contribution is 2.47. The highest BCUT2D eigenvalue weighted by Gasteiger charge is 2.31. The van der Waals surface area contributed by atoms with Gasteiger partial charge in [0, 0.05) is 18.5 Å². The molecule has 5 heteroatoms. The van der Waals surface area contributed by atoms with Gasteiger partial charge in [-0.15, -0.1) is 0 Å². The van der Waals surface area contributed by atoms with Gasteiger partial charge in [0.1, 0.15) is 24.2 Å². The maximum Gasteiger partial charge on any atom is 0.388 e. The third kappa shape index (κ3) is 6.36. The molecule has 170 valence electrons. The molecule has 0 saturated carbocycles. The van der Waals surface area contributed by atoms with Crippen molar-refractivity contribution in [3.05, 3.63) is 47.1 Å². The SMILES string of the molecule is C=C(C)[C@@H]1CCC(C)=C[C@H]1c1c(O)cc(CCCCC)cc1OC(=NC)OCC1CO1. The van der Waals surface area contributed by atoms with Crippen LogP contribution in [-0.2, 0) is 15.9 Å². The summed E-state index contributed by atoms with van der Waals surface area (Å²) in [4.78, 5) is 4.18. The summed E-state index contributed by atoms with van der Waals surface area (Å²) in [6, 6.07) is 3.94. The number of hydrogen-bond donors (Lipinski definition) is 1. The van der Waals surface area contributed by atoms with Gasteiger partial charge in [0.05, 0.1) is 6.61 Å². The Kier molecular flexibility index (Phi) is 8.19. The molecule has 3 atom stereocenters.